The largest absolute Gasteiger partial charge is 0.497 e. The molecule has 0 aliphatic carbocycles. The predicted molar refractivity (Wildman–Crippen MR) is 104 cm³/mol. The van der Waals surface area contributed by atoms with Gasteiger partial charge in [-0.1, -0.05) is 29.8 Å². The number of carbonyl (C=O) groups excluding carboxylic acids is 1. The second-order valence-electron chi connectivity index (χ2n) is 5.96. The minimum absolute atomic E-state index is 0.144. The Balaban J connectivity index is 1.56. The summed E-state index contributed by atoms with van der Waals surface area (Å²) in [6.45, 7) is 2.62. The van der Waals surface area contributed by atoms with Crippen molar-refractivity contribution in [2.45, 2.75) is 13.5 Å². The summed E-state index contributed by atoms with van der Waals surface area (Å²) in [5.41, 5.74) is 3.47. The molecule has 0 saturated carbocycles. The van der Waals surface area contributed by atoms with Gasteiger partial charge in [-0.2, -0.15) is 0 Å². The second-order valence-corrected chi connectivity index (χ2v) is 5.96. The van der Waals surface area contributed by atoms with Gasteiger partial charge in [-0.25, -0.2) is 4.98 Å². The molecule has 2 N–H and O–H groups in total. The van der Waals surface area contributed by atoms with Gasteiger partial charge >= 0.3 is 0 Å². The SMILES string of the molecule is COc1ccc(CNc2ccc(NC(=O)c3cccc(C)c3)cn2)cc1. The number of aromatic nitrogens is 1. The summed E-state index contributed by atoms with van der Waals surface area (Å²) in [5, 5.41) is 6.11. The van der Waals surface area contributed by atoms with E-state index in [1.54, 1.807) is 19.4 Å². The fourth-order valence-electron chi connectivity index (χ4n) is 2.50. The average molecular weight is 347 g/mol. The lowest BCUT2D eigenvalue weighted by Gasteiger charge is -2.09. The zero-order chi connectivity index (χ0) is 18.4. The molecule has 0 fully saturated rings. The average Bonchev–Trinajstić information content (AvgIpc) is 2.68. The van der Waals surface area contributed by atoms with Gasteiger partial charge in [-0.3, -0.25) is 4.79 Å². The van der Waals surface area contributed by atoms with Gasteiger partial charge in [0.25, 0.3) is 5.91 Å². The van der Waals surface area contributed by atoms with E-state index in [2.05, 4.69) is 15.6 Å². The number of benzene rings is 2. The molecule has 1 aromatic heterocycles. The van der Waals surface area contributed by atoms with Gasteiger partial charge in [-0.05, 0) is 48.9 Å². The quantitative estimate of drug-likeness (QED) is 0.699. The van der Waals surface area contributed by atoms with Gasteiger partial charge < -0.3 is 15.4 Å². The van der Waals surface area contributed by atoms with E-state index in [1.807, 2.05) is 61.5 Å². The number of hydrogen-bond donors (Lipinski definition) is 2. The van der Waals surface area contributed by atoms with Crippen LogP contribution in [0.2, 0.25) is 0 Å². The molecule has 0 atom stereocenters. The number of methoxy groups -OCH3 is 1. The van der Waals surface area contributed by atoms with E-state index in [9.17, 15) is 4.79 Å². The first kappa shape index (κ1) is 17.5. The summed E-state index contributed by atoms with van der Waals surface area (Å²) >= 11 is 0. The van der Waals surface area contributed by atoms with Crippen LogP contribution in [-0.4, -0.2) is 18.0 Å². The number of rotatable bonds is 6. The van der Waals surface area contributed by atoms with Crippen molar-refractivity contribution in [1.82, 2.24) is 4.98 Å². The van der Waals surface area contributed by atoms with Crippen molar-refractivity contribution in [2.75, 3.05) is 17.7 Å². The Kier molecular flexibility index (Phi) is 5.49. The first-order valence-electron chi connectivity index (χ1n) is 8.35. The summed E-state index contributed by atoms with van der Waals surface area (Å²) in [4.78, 5) is 16.6. The molecule has 5 heteroatoms. The van der Waals surface area contributed by atoms with E-state index in [1.165, 1.54) is 0 Å². The van der Waals surface area contributed by atoms with E-state index in [-0.39, 0.29) is 5.91 Å². The van der Waals surface area contributed by atoms with Gasteiger partial charge in [0.2, 0.25) is 0 Å². The maximum Gasteiger partial charge on any atom is 0.255 e. The van der Waals surface area contributed by atoms with Gasteiger partial charge in [0.05, 0.1) is 19.0 Å². The molecule has 26 heavy (non-hydrogen) atoms. The number of aryl methyl sites for hydroxylation is 1. The minimum atomic E-state index is -0.144. The highest BCUT2D eigenvalue weighted by molar-refractivity contribution is 6.04. The molecule has 2 aromatic carbocycles. The third-order valence-electron chi connectivity index (χ3n) is 3.93. The van der Waals surface area contributed by atoms with Crippen LogP contribution in [0.15, 0.2) is 66.9 Å². The minimum Gasteiger partial charge on any atom is -0.497 e. The normalized spacial score (nSPS) is 10.2. The van der Waals surface area contributed by atoms with Crippen molar-refractivity contribution < 1.29 is 9.53 Å². The van der Waals surface area contributed by atoms with E-state index in [0.717, 1.165) is 22.7 Å². The Morgan fingerprint density at radius 2 is 1.88 bits per heavy atom. The highest BCUT2D eigenvalue weighted by atomic mass is 16.5. The van der Waals surface area contributed by atoms with Crippen molar-refractivity contribution in [1.29, 1.82) is 0 Å². The molecule has 132 valence electrons. The van der Waals surface area contributed by atoms with Crippen LogP contribution in [0, 0.1) is 6.92 Å². The molecule has 5 nitrogen and oxygen atoms in total. The smallest absolute Gasteiger partial charge is 0.255 e. The molecule has 0 aliphatic heterocycles. The van der Waals surface area contributed by atoms with E-state index < -0.39 is 0 Å². The number of amides is 1. The third kappa shape index (κ3) is 4.60. The predicted octanol–water partition coefficient (Wildman–Crippen LogP) is 4.26. The number of hydrogen-bond acceptors (Lipinski definition) is 4. The highest BCUT2D eigenvalue weighted by Crippen LogP contribution is 2.15. The maximum absolute atomic E-state index is 12.2. The number of pyridine rings is 1. The standard InChI is InChI=1S/C21H21N3O2/c1-15-4-3-5-17(12-15)21(25)24-18-8-11-20(23-14-18)22-13-16-6-9-19(26-2)10-7-16/h3-12,14H,13H2,1-2H3,(H,22,23)(H,24,25). The van der Waals surface area contributed by atoms with E-state index >= 15 is 0 Å². The summed E-state index contributed by atoms with van der Waals surface area (Å²) in [5.74, 6) is 1.43. The number of anilines is 2. The second kappa shape index (κ2) is 8.16. The maximum atomic E-state index is 12.2. The van der Waals surface area contributed by atoms with Crippen molar-refractivity contribution in [2.24, 2.45) is 0 Å². The van der Waals surface area contributed by atoms with Gasteiger partial charge in [-0.15, -0.1) is 0 Å². The van der Waals surface area contributed by atoms with Crippen LogP contribution in [0.4, 0.5) is 11.5 Å². The molecule has 0 saturated heterocycles. The Morgan fingerprint density at radius 3 is 2.54 bits per heavy atom. The van der Waals surface area contributed by atoms with Crippen molar-refractivity contribution in [3.63, 3.8) is 0 Å². The van der Waals surface area contributed by atoms with Crippen LogP contribution in [0.5, 0.6) is 5.75 Å². The zero-order valence-corrected chi connectivity index (χ0v) is 14.8. The molecule has 3 rings (SSSR count). The third-order valence-corrected chi connectivity index (χ3v) is 3.93. The van der Waals surface area contributed by atoms with Gasteiger partial charge in [0, 0.05) is 12.1 Å². The van der Waals surface area contributed by atoms with Crippen LogP contribution in [0.3, 0.4) is 0 Å². The Hall–Kier alpha value is -3.34. The highest BCUT2D eigenvalue weighted by Gasteiger charge is 2.06. The molecule has 1 amide bonds. The van der Waals surface area contributed by atoms with Crippen molar-refractivity contribution in [3.05, 3.63) is 83.6 Å². The Morgan fingerprint density at radius 1 is 1.08 bits per heavy atom. The lowest BCUT2D eigenvalue weighted by Crippen LogP contribution is -2.12. The topological polar surface area (TPSA) is 63.2 Å². The Labute approximate surface area is 153 Å². The molecule has 0 bridgehead atoms. The lowest BCUT2D eigenvalue weighted by atomic mass is 10.1. The molecule has 1 heterocycles. The van der Waals surface area contributed by atoms with Crippen LogP contribution in [-0.2, 0) is 6.54 Å². The number of nitrogens with zero attached hydrogens (tertiary/aromatic N) is 1. The van der Waals surface area contributed by atoms with E-state index in [0.29, 0.717) is 17.8 Å². The first-order valence-corrected chi connectivity index (χ1v) is 8.35. The fraction of sp³-hybridized carbons (Fsp3) is 0.143. The Bertz CT molecular complexity index is 875. The van der Waals surface area contributed by atoms with E-state index in [4.69, 9.17) is 4.74 Å². The van der Waals surface area contributed by atoms with Crippen LogP contribution >= 0.6 is 0 Å². The summed E-state index contributed by atoms with van der Waals surface area (Å²) in [6.07, 6.45) is 1.64. The number of nitrogens with one attached hydrogen (secondary N) is 2. The van der Waals surface area contributed by atoms with Crippen LogP contribution in [0.1, 0.15) is 21.5 Å². The number of carbonyl (C=O) groups is 1. The molecule has 0 unspecified atom stereocenters. The van der Waals surface area contributed by atoms with Crippen LogP contribution < -0.4 is 15.4 Å². The van der Waals surface area contributed by atoms with Crippen molar-refractivity contribution >= 4 is 17.4 Å². The van der Waals surface area contributed by atoms with Crippen molar-refractivity contribution in [3.8, 4) is 5.75 Å². The lowest BCUT2D eigenvalue weighted by molar-refractivity contribution is 0.102. The fourth-order valence-corrected chi connectivity index (χ4v) is 2.50. The van der Waals surface area contributed by atoms with Gasteiger partial charge in [0.1, 0.15) is 11.6 Å². The monoisotopic (exact) mass is 347 g/mol. The molecule has 0 spiro atoms. The first-order chi connectivity index (χ1) is 12.6. The molecular formula is C21H21N3O2. The summed E-state index contributed by atoms with van der Waals surface area (Å²) in [6, 6.07) is 19.0. The molecular weight excluding hydrogens is 326 g/mol. The van der Waals surface area contributed by atoms with Crippen LogP contribution in [0.25, 0.3) is 0 Å². The molecule has 0 radical (unpaired) electrons. The molecule has 0 aliphatic rings. The summed E-state index contributed by atoms with van der Waals surface area (Å²) < 4.78 is 5.15. The molecule has 3 aromatic rings. The number of ether oxygens (including phenoxy) is 1. The van der Waals surface area contributed by atoms with Gasteiger partial charge in [0.15, 0.2) is 0 Å². The summed E-state index contributed by atoms with van der Waals surface area (Å²) in [7, 11) is 1.65. The zero-order valence-electron chi connectivity index (χ0n) is 14.8.